The first-order chi connectivity index (χ1) is 18.2. The average Bonchev–Trinajstić information content (AvgIpc) is 2.90. The van der Waals surface area contributed by atoms with E-state index in [1.54, 1.807) is 24.3 Å². The fourth-order valence-corrected chi connectivity index (χ4v) is 3.89. The molecule has 2 aromatic carbocycles. The van der Waals surface area contributed by atoms with E-state index in [4.69, 9.17) is 37.4 Å². The monoisotopic (exact) mass is 604 g/mol. The first-order valence-electron chi connectivity index (χ1n) is 11.7. The third kappa shape index (κ3) is 10.9. The lowest BCUT2D eigenvalue weighted by atomic mass is 10.1. The summed E-state index contributed by atoms with van der Waals surface area (Å²) in [6, 6.07) is 9.14. The fraction of sp³-hybridized carbons (Fsp3) is 0.385. The predicted molar refractivity (Wildman–Crippen MR) is 148 cm³/mol. The lowest BCUT2D eigenvalue weighted by Gasteiger charge is -2.20. The van der Waals surface area contributed by atoms with Gasteiger partial charge >= 0.3 is 17.9 Å². The number of hydrogen-bond donors (Lipinski definition) is 2. The molecule has 0 radical (unpaired) electrons. The van der Waals surface area contributed by atoms with E-state index < -0.39 is 36.5 Å². The Morgan fingerprint density at radius 2 is 1.72 bits per heavy atom. The highest BCUT2D eigenvalue weighted by Gasteiger charge is 2.29. The van der Waals surface area contributed by atoms with Gasteiger partial charge in [0.2, 0.25) is 0 Å². The van der Waals surface area contributed by atoms with Crippen LogP contribution in [-0.2, 0) is 30.3 Å². The van der Waals surface area contributed by atoms with Gasteiger partial charge in [-0.3, -0.25) is 9.59 Å². The maximum Gasteiger partial charge on any atom is 0.349 e. The molecule has 0 saturated carbocycles. The van der Waals surface area contributed by atoms with Gasteiger partial charge in [0.15, 0.2) is 18.1 Å². The molecule has 1 atom stereocenters. The van der Waals surface area contributed by atoms with Crippen molar-refractivity contribution in [3.05, 3.63) is 57.6 Å². The molecule has 13 heteroatoms. The Hall–Kier alpha value is -3.05. The van der Waals surface area contributed by atoms with Gasteiger partial charge in [-0.15, -0.1) is 12.4 Å². The minimum absolute atomic E-state index is 0. The van der Waals surface area contributed by atoms with Crippen LogP contribution in [-0.4, -0.2) is 63.8 Å². The number of unbranched alkanes of at least 4 members (excludes halogenated alkanes) is 1. The first kappa shape index (κ1) is 34.0. The third-order valence-corrected chi connectivity index (χ3v) is 5.75. The number of methoxy groups -OCH3 is 1. The molecule has 0 aliphatic carbocycles. The molecule has 214 valence electrons. The molecule has 0 heterocycles. The maximum atomic E-state index is 13.3. The highest BCUT2D eigenvalue weighted by molar-refractivity contribution is 6.39. The normalized spacial score (nSPS) is 11.0. The van der Waals surface area contributed by atoms with E-state index in [9.17, 15) is 19.2 Å². The molecular weight excluding hydrogens is 575 g/mol. The van der Waals surface area contributed by atoms with Crippen molar-refractivity contribution in [1.29, 1.82) is 0 Å². The summed E-state index contributed by atoms with van der Waals surface area (Å²) in [5, 5.41) is 5.37. The summed E-state index contributed by atoms with van der Waals surface area (Å²) in [5.74, 6) is -3.54. The smallest absolute Gasteiger partial charge is 0.349 e. The molecule has 0 saturated heterocycles. The van der Waals surface area contributed by atoms with Gasteiger partial charge < -0.3 is 29.6 Å². The van der Waals surface area contributed by atoms with Crippen molar-refractivity contribution in [3.63, 3.8) is 0 Å². The van der Waals surface area contributed by atoms with Crippen LogP contribution in [0.3, 0.4) is 0 Å². The third-order valence-electron chi connectivity index (χ3n) is 5.13. The summed E-state index contributed by atoms with van der Waals surface area (Å²) in [6.07, 6.45) is 1.64. The zero-order valence-electron chi connectivity index (χ0n) is 21.7. The molecule has 0 bridgehead atoms. The van der Waals surface area contributed by atoms with E-state index in [2.05, 4.69) is 15.4 Å². The van der Waals surface area contributed by atoms with Gasteiger partial charge in [0.05, 0.1) is 24.3 Å². The Morgan fingerprint density at radius 3 is 2.33 bits per heavy atom. The standard InChI is InChI=1S/C26H30Cl2N2O8.ClH/c1-16(31)37-15-21(32)38-23-18(14-19(27)24(22(23)28)36-12-8-7-11-29-2)25(33)30-20(26(34)35-3)13-17-9-5-4-6-10-17;/h4-6,9-10,14,20,29H,7-8,11-13,15H2,1-3H3,(H,30,33);1H/t20-;/m0./s1. The first-order valence-corrected chi connectivity index (χ1v) is 12.5. The van der Waals surface area contributed by atoms with Crippen molar-refractivity contribution in [2.75, 3.05) is 33.9 Å². The number of carbonyl (C=O) groups excluding carboxylic acids is 4. The summed E-state index contributed by atoms with van der Waals surface area (Å²) in [7, 11) is 3.03. The van der Waals surface area contributed by atoms with Gasteiger partial charge in [-0.1, -0.05) is 53.5 Å². The van der Waals surface area contributed by atoms with Crippen LogP contribution < -0.4 is 20.1 Å². The molecule has 0 aliphatic heterocycles. The van der Waals surface area contributed by atoms with Crippen LogP contribution in [0.5, 0.6) is 11.5 Å². The van der Waals surface area contributed by atoms with E-state index in [-0.39, 0.29) is 52.5 Å². The van der Waals surface area contributed by atoms with Gasteiger partial charge in [0.1, 0.15) is 11.1 Å². The molecule has 0 aromatic heterocycles. The van der Waals surface area contributed by atoms with E-state index in [0.29, 0.717) is 6.42 Å². The molecular formula is C26H31Cl3N2O8. The summed E-state index contributed by atoms with van der Waals surface area (Å²) in [5.41, 5.74) is 0.537. The summed E-state index contributed by atoms with van der Waals surface area (Å²) in [6.45, 7) is 1.46. The summed E-state index contributed by atoms with van der Waals surface area (Å²) < 4.78 is 20.5. The van der Waals surface area contributed by atoms with Crippen molar-refractivity contribution in [1.82, 2.24) is 10.6 Å². The van der Waals surface area contributed by atoms with Crippen LogP contribution in [0, 0.1) is 0 Å². The molecule has 2 rings (SSSR count). The number of ether oxygens (including phenoxy) is 4. The molecule has 39 heavy (non-hydrogen) atoms. The summed E-state index contributed by atoms with van der Waals surface area (Å²) >= 11 is 12.9. The van der Waals surface area contributed by atoms with Crippen LogP contribution in [0.25, 0.3) is 0 Å². The average molecular weight is 606 g/mol. The molecule has 0 unspecified atom stereocenters. The van der Waals surface area contributed by atoms with Gasteiger partial charge in [-0.05, 0) is 38.1 Å². The zero-order chi connectivity index (χ0) is 28.1. The Balaban J connectivity index is 0.00000760. The van der Waals surface area contributed by atoms with Gasteiger partial charge in [-0.2, -0.15) is 0 Å². The lowest BCUT2D eigenvalue weighted by molar-refractivity contribution is -0.152. The second-order valence-corrected chi connectivity index (χ2v) is 8.82. The Morgan fingerprint density at radius 1 is 1.03 bits per heavy atom. The number of esters is 3. The van der Waals surface area contributed by atoms with E-state index in [0.717, 1.165) is 25.5 Å². The minimum atomic E-state index is -1.07. The van der Waals surface area contributed by atoms with Gasteiger partial charge in [0, 0.05) is 13.3 Å². The quantitative estimate of drug-likeness (QED) is 0.188. The molecule has 2 aromatic rings. The molecule has 2 N–H and O–H groups in total. The van der Waals surface area contributed by atoms with Crippen molar-refractivity contribution in [3.8, 4) is 11.5 Å². The van der Waals surface area contributed by atoms with Crippen LogP contribution in [0.4, 0.5) is 0 Å². The molecule has 0 fully saturated rings. The van der Waals surface area contributed by atoms with Gasteiger partial charge in [0.25, 0.3) is 5.91 Å². The number of benzene rings is 2. The predicted octanol–water partition coefficient (Wildman–Crippen LogP) is 3.78. The van der Waals surface area contributed by atoms with E-state index in [1.807, 2.05) is 13.1 Å². The fourth-order valence-electron chi connectivity index (χ4n) is 3.29. The molecule has 0 aliphatic rings. The van der Waals surface area contributed by atoms with E-state index in [1.165, 1.54) is 13.2 Å². The Bertz CT molecular complexity index is 1130. The van der Waals surface area contributed by atoms with Gasteiger partial charge in [-0.25, -0.2) is 9.59 Å². The maximum absolute atomic E-state index is 13.3. The van der Waals surface area contributed by atoms with Crippen molar-refractivity contribution < 1.29 is 38.1 Å². The molecule has 1 amide bonds. The van der Waals surface area contributed by atoms with Crippen LogP contribution in [0.1, 0.15) is 35.7 Å². The topological polar surface area (TPSA) is 129 Å². The molecule has 0 spiro atoms. The number of hydrogen-bond acceptors (Lipinski definition) is 9. The Kier molecular flexibility index (Phi) is 15.3. The number of halogens is 3. The second-order valence-electron chi connectivity index (χ2n) is 8.03. The van der Waals surface area contributed by atoms with E-state index >= 15 is 0 Å². The SMILES string of the molecule is CNCCCCOc1c(Cl)cc(C(=O)N[C@@H](Cc2ccccc2)C(=O)OC)c(OC(=O)COC(C)=O)c1Cl.Cl. The number of amides is 1. The molecule has 10 nitrogen and oxygen atoms in total. The number of rotatable bonds is 14. The van der Waals surface area contributed by atoms with Crippen LogP contribution in [0.2, 0.25) is 10.0 Å². The van der Waals surface area contributed by atoms with Crippen LogP contribution >= 0.6 is 35.6 Å². The highest BCUT2D eigenvalue weighted by Crippen LogP contribution is 2.43. The zero-order valence-corrected chi connectivity index (χ0v) is 24.0. The largest absolute Gasteiger partial charge is 0.490 e. The van der Waals surface area contributed by atoms with Crippen LogP contribution in [0.15, 0.2) is 36.4 Å². The van der Waals surface area contributed by atoms with Crippen molar-refractivity contribution in [2.24, 2.45) is 0 Å². The van der Waals surface area contributed by atoms with Crippen molar-refractivity contribution in [2.45, 2.75) is 32.2 Å². The second kappa shape index (κ2) is 17.5. The number of nitrogens with one attached hydrogen (secondary N) is 2. The lowest BCUT2D eigenvalue weighted by Crippen LogP contribution is -2.43. The Labute approximate surface area is 243 Å². The van der Waals surface area contributed by atoms with Crippen molar-refractivity contribution >= 4 is 59.4 Å². The highest BCUT2D eigenvalue weighted by atomic mass is 35.5. The summed E-state index contributed by atoms with van der Waals surface area (Å²) in [4.78, 5) is 49.2. The number of carbonyl (C=O) groups is 4. The minimum Gasteiger partial charge on any atom is -0.490 e.